The summed E-state index contributed by atoms with van der Waals surface area (Å²) in [6.07, 6.45) is -0.141. The number of halogens is 1. The van der Waals surface area contributed by atoms with Gasteiger partial charge in [-0.3, -0.25) is 4.79 Å². The first kappa shape index (κ1) is 17.3. The molecule has 1 fully saturated rings. The minimum absolute atomic E-state index is 0.107. The molecule has 126 valence electrons. The second-order valence-electron chi connectivity index (χ2n) is 5.59. The van der Waals surface area contributed by atoms with E-state index in [0.29, 0.717) is 17.4 Å². The number of thioether (sulfide) groups is 1. The number of nitrogens with one attached hydrogen (secondary N) is 1. The Morgan fingerprint density at radius 3 is 2.67 bits per heavy atom. The van der Waals surface area contributed by atoms with E-state index < -0.39 is 5.79 Å². The largest absolute Gasteiger partial charge is 0.343 e. The van der Waals surface area contributed by atoms with Crippen LogP contribution in [0, 0.1) is 0 Å². The fourth-order valence-electron chi connectivity index (χ4n) is 2.47. The van der Waals surface area contributed by atoms with Crippen LogP contribution < -0.4 is 5.32 Å². The number of rotatable bonds is 4. The average molecular weight is 364 g/mol. The first-order valence-electron chi connectivity index (χ1n) is 7.62. The van der Waals surface area contributed by atoms with Crippen molar-refractivity contribution in [2.24, 2.45) is 0 Å². The molecule has 2 aromatic carbocycles. The van der Waals surface area contributed by atoms with Crippen molar-refractivity contribution in [3.63, 3.8) is 0 Å². The summed E-state index contributed by atoms with van der Waals surface area (Å²) in [5, 5.41) is 3.40. The second kappa shape index (κ2) is 7.57. The van der Waals surface area contributed by atoms with Crippen molar-refractivity contribution in [3.8, 4) is 0 Å². The van der Waals surface area contributed by atoms with Crippen LogP contribution in [0.15, 0.2) is 54.6 Å². The molecule has 1 N–H and O–H groups in total. The zero-order valence-electron chi connectivity index (χ0n) is 13.2. The van der Waals surface area contributed by atoms with Gasteiger partial charge in [-0.1, -0.05) is 53.7 Å². The van der Waals surface area contributed by atoms with Gasteiger partial charge in [0, 0.05) is 22.0 Å². The predicted molar refractivity (Wildman–Crippen MR) is 97.5 cm³/mol. The van der Waals surface area contributed by atoms with Gasteiger partial charge in [-0.05, 0) is 31.2 Å². The summed E-state index contributed by atoms with van der Waals surface area (Å²) < 4.78 is 11.8. The van der Waals surface area contributed by atoms with Crippen LogP contribution in [0.25, 0.3) is 0 Å². The molecule has 0 saturated carbocycles. The fraction of sp³-hybridized carbons (Fsp3) is 0.278. The Balaban J connectivity index is 1.51. The van der Waals surface area contributed by atoms with Crippen molar-refractivity contribution in [2.45, 2.75) is 18.8 Å². The predicted octanol–water partition coefficient (Wildman–Crippen LogP) is 4.89. The maximum Gasteiger partial charge on any atom is 0.283 e. The standard InChI is InChI=1S/C18H18ClNO3S/c1-18(13-7-9-14(19)10-8-13)22-11-16(23-18)12-24-17(21)20-15-5-3-2-4-6-15/h2-10,16H,11-12H2,1H3,(H,20,21)/t16-,18+/m0/s1. The van der Waals surface area contributed by atoms with Gasteiger partial charge >= 0.3 is 0 Å². The molecule has 1 amide bonds. The van der Waals surface area contributed by atoms with Crippen LogP contribution in [-0.4, -0.2) is 23.7 Å². The Hall–Kier alpha value is -1.53. The highest BCUT2D eigenvalue weighted by atomic mass is 35.5. The number of ether oxygens (including phenoxy) is 2. The van der Waals surface area contributed by atoms with E-state index in [1.165, 1.54) is 11.8 Å². The maximum absolute atomic E-state index is 12.0. The van der Waals surface area contributed by atoms with Gasteiger partial charge in [-0.15, -0.1) is 0 Å². The molecule has 0 aromatic heterocycles. The van der Waals surface area contributed by atoms with Gasteiger partial charge in [0.15, 0.2) is 5.79 Å². The van der Waals surface area contributed by atoms with E-state index >= 15 is 0 Å². The van der Waals surface area contributed by atoms with Gasteiger partial charge < -0.3 is 14.8 Å². The number of hydrogen-bond donors (Lipinski definition) is 1. The Labute approximate surface area is 150 Å². The van der Waals surface area contributed by atoms with Gasteiger partial charge in [0.25, 0.3) is 5.24 Å². The van der Waals surface area contributed by atoms with Crippen LogP contribution in [0.2, 0.25) is 5.02 Å². The third kappa shape index (κ3) is 4.30. The van der Waals surface area contributed by atoms with Crippen LogP contribution in [0.1, 0.15) is 12.5 Å². The van der Waals surface area contributed by atoms with Gasteiger partial charge in [0.2, 0.25) is 0 Å². The Bertz CT molecular complexity index is 695. The zero-order valence-corrected chi connectivity index (χ0v) is 14.8. The minimum Gasteiger partial charge on any atom is -0.343 e. The van der Waals surface area contributed by atoms with E-state index in [0.717, 1.165) is 11.3 Å². The highest BCUT2D eigenvalue weighted by Gasteiger charge is 2.38. The van der Waals surface area contributed by atoms with E-state index in [4.69, 9.17) is 21.1 Å². The first-order chi connectivity index (χ1) is 11.5. The molecule has 6 heteroatoms. The van der Waals surface area contributed by atoms with Gasteiger partial charge in [0.05, 0.1) is 12.7 Å². The molecule has 2 atom stereocenters. The van der Waals surface area contributed by atoms with Gasteiger partial charge in [-0.2, -0.15) is 0 Å². The normalized spacial score (nSPS) is 23.2. The third-order valence-electron chi connectivity index (χ3n) is 3.73. The third-order valence-corrected chi connectivity index (χ3v) is 4.88. The number of anilines is 1. The lowest BCUT2D eigenvalue weighted by Crippen LogP contribution is -2.24. The number of para-hydroxylation sites is 1. The van der Waals surface area contributed by atoms with Gasteiger partial charge in [-0.25, -0.2) is 0 Å². The van der Waals surface area contributed by atoms with Crippen LogP contribution >= 0.6 is 23.4 Å². The zero-order chi connectivity index (χ0) is 17.0. The summed E-state index contributed by atoms with van der Waals surface area (Å²) in [5.74, 6) is -0.270. The summed E-state index contributed by atoms with van der Waals surface area (Å²) in [4.78, 5) is 12.0. The molecule has 0 spiro atoms. The molecule has 1 aliphatic rings. The average Bonchev–Trinajstić information content (AvgIpc) is 2.97. The van der Waals surface area contributed by atoms with Crippen LogP contribution in [-0.2, 0) is 15.3 Å². The molecule has 0 aliphatic carbocycles. The smallest absolute Gasteiger partial charge is 0.283 e. The summed E-state index contributed by atoms with van der Waals surface area (Å²) in [6.45, 7) is 2.33. The summed E-state index contributed by atoms with van der Waals surface area (Å²) >= 11 is 7.10. The highest BCUT2D eigenvalue weighted by Crippen LogP contribution is 2.35. The van der Waals surface area contributed by atoms with Crippen molar-refractivity contribution in [1.82, 2.24) is 0 Å². The molecule has 4 nitrogen and oxygen atoms in total. The van der Waals surface area contributed by atoms with Crippen molar-refractivity contribution in [2.75, 3.05) is 17.7 Å². The van der Waals surface area contributed by atoms with Crippen molar-refractivity contribution in [3.05, 3.63) is 65.2 Å². The van der Waals surface area contributed by atoms with Crippen LogP contribution in [0.4, 0.5) is 10.5 Å². The van der Waals surface area contributed by atoms with E-state index in [1.54, 1.807) is 0 Å². The molecule has 2 aromatic rings. The number of benzene rings is 2. The molecular formula is C18H18ClNO3S. The van der Waals surface area contributed by atoms with Gasteiger partial charge in [0.1, 0.15) is 0 Å². The number of carbonyl (C=O) groups excluding carboxylic acids is 1. The van der Waals surface area contributed by atoms with E-state index in [-0.39, 0.29) is 11.3 Å². The minimum atomic E-state index is -0.800. The molecular weight excluding hydrogens is 346 g/mol. The molecule has 1 saturated heterocycles. The van der Waals surface area contributed by atoms with E-state index in [1.807, 2.05) is 61.5 Å². The van der Waals surface area contributed by atoms with Crippen molar-refractivity contribution < 1.29 is 14.3 Å². The highest BCUT2D eigenvalue weighted by molar-refractivity contribution is 8.13. The monoisotopic (exact) mass is 363 g/mol. The molecule has 0 radical (unpaired) electrons. The summed E-state index contributed by atoms with van der Waals surface area (Å²) in [5.41, 5.74) is 1.69. The first-order valence-corrected chi connectivity index (χ1v) is 8.98. The Kier molecular flexibility index (Phi) is 5.46. The van der Waals surface area contributed by atoms with E-state index in [2.05, 4.69) is 5.32 Å². The second-order valence-corrected chi connectivity index (χ2v) is 7.02. The fourth-order valence-corrected chi connectivity index (χ4v) is 3.29. The van der Waals surface area contributed by atoms with Crippen LogP contribution in [0.5, 0.6) is 0 Å². The van der Waals surface area contributed by atoms with Crippen LogP contribution in [0.3, 0.4) is 0 Å². The molecule has 3 rings (SSSR count). The topological polar surface area (TPSA) is 47.6 Å². The number of hydrogen-bond acceptors (Lipinski definition) is 4. The quantitative estimate of drug-likeness (QED) is 0.839. The SMILES string of the molecule is C[C@@]1(c2ccc(Cl)cc2)OC[C@@H](CSC(=O)Nc2ccccc2)O1. The number of carbonyl (C=O) groups is 1. The molecule has 24 heavy (non-hydrogen) atoms. The Morgan fingerprint density at radius 1 is 1.25 bits per heavy atom. The Morgan fingerprint density at radius 2 is 1.96 bits per heavy atom. The molecule has 1 aliphatic heterocycles. The molecule has 0 unspecified atom stereocenters. The number of amides is 1. The van der Waals surface area contributed by atoms with E-state index in [9.17, 15) is 4.79 Å². The lowest BCUT2D eigenvalue weighted by atomic mass is 10.1. The van der Waals surface area contributed by atoms with Crippen molar-refractivity contribution in [1.29, 1.82) is 0 Å². The molecule has 0 bridgehead atoms. The maximum atomic E-state index is 12.0. The lowest BCUT2D eigenvalue weighted by Gasteiger charge is -2.23. The van der Waals surface area contributed by atoms with Crippen molar-refractivity contribution >= 4 is 34.3 Å². The molecule has 1 heterocycles. The lowest BCUT2D eigenvalue weighted by molar-refractivity contribution is -0.159. The summed E-state index contributed by atoms with van der Waals surface area (Å²) in [6, 6.07) is 16.8. The summed E-state index contributed by atoms with van der Waals surface area (Å²) in [7, 11) is 0.